The average Bonchev–Trinajstić information content (AvgIpc) is 3.87. The Balaban J connectivity index is 1.01. The van der Waals surface area contributed by atoms with Crippen LogP contribution in [0.3, 0.4) is 0 Å². The van der Waals surface area contributed by atoms with Crippen molar-refractivity contribution in [2.75, 3.05) is 5.32 Å². The molecule has 0 fully saturated rings. The second-order valence-corrected chi connectivity index (χ2v) is 12.6. The lowest BCUT2D eigenvalue weighted by molar-refractivity contribution is -0.116. The summed E-state index contributed by atoms with van der Waals surface area (Å²) < 4.78 is 10.2. The maximum Gasteiger partial charge on any atom is 0.255 e. The molecule has 0 spiro atoms. The maximum atomic E-state index is 12.8. The first kappa shape index (κ1) is 34.2. The molecule has 0 aliphatic carbocycles. The Labute approximate surface area is 309 Å². The highest BCUT2D eigenvalue weighted by molar-refractivity contribution is 6.37. The van der Waals surface area contributed by atoms with E-state index in [9.17, 15) is 9.59 Å². The van der Waals surface area contributed by atoms with Gasteiger partial charge in [-0.05, 0) is 79.2 Å². The number of hydrogen-bond acceptors (Lipinski definition) is 6. The van der Waals surface area contributed by atoms with Gasteiger partial charge in [-0.3, -0.25) is 14.6 Å². The van der Waals surface area contributed by atoms with Crippen LogP contribution < -0.4 is 15.4 Å². The Morgan fingerprint density at radius 3 is 2.50 bits per heavy atom. The van der Waals surface area contributed by atoms with Crippen molar-refractivity contribution in [3.8, 4) is 17.1 Å². The van der Waals surface area contributed by atoms with Gasteiger partial charge in [0, 0.05) is 75.7 Å². The summed E-state index contributed by atoms with van der Waals surface area (Å²) in [7, 11) is 0. The molecule has 258 valence electrons. The van der Waals surface area contributed by atoms with E-state index in [2.05, 4.69) is 20.6 Å². The van der Waals surface area contributed by atoms with Crippen LogP contribution in [0.1, 0.15) is 32.9 Å². The summed E-state index contributed by atoms with van der Waals surface area (Å²) in [6, 6.07) is 25.6. The molecule has 0 saturated heterocycles. The van der Waals surface area contributed by atoms with Crippen molar-refractivity contribution >= 4 is 57.7 Å². The highest BCUT2D eigenvalue weighted by Crippen LogP contribution is 2.34. The highest BCUT2D eigenvalue weighted by Gasteiger charge is 2.17. The van der Waals surface area contributed by atoms with Crippen molar-refractivity contribution < 1.29 is 14.3 Å². The Morgan fingerprint density at radius 1 is 0.885 bits per heavy atom. The minimum atomic E-state index is -0.279. The number of halogens is 2. The number of ether oxygens (including phenoxy) is 1. The fourth-order valence-electron chi connectivity index (χ4n) is 5.70. The van der Waals surface area contributed by atoms with Crippen LogP contribution >= 0.6 is 23.2 Å². The molecule has 4 aromatic heterocycles. The van der Waals surface area contributed by atoms with Crippen molar-refractivity contribution in [3.05, 3.63) is 166 Å². The van der Waals surface area contributed by atoms with Crippen molar-refractivity contribution in [2.45, 2.75) is 20.1 Å². The van der Waals surface area contributed by atoms with Gasteiger partial charge in [0.05, 0.1) is 29.3 Å². The molecule has 12 heteroatoms. The lowest BCUT2D eigenvalue weighted by Crippen LogP contribution is -2.21. The van der Waals surface area contributed by atoms with Gasteiger partial charge in [0.1, 0.15) is 17.9 Å². The summed E-state index contributed by atoms with van der Waals surface area (Å²) in [5.41, 5.74) is 6.55. The summed E-state index contributed by atoms with van der Waals surface area (Å²) >= 11 is 13.7. The van der Waals surface area contributed by atoms with Gasteiger partial charge in [-0.15, -0.1) is 0 Å². The normalized spacial score (nSPS) is 11.2. The summed E-state index contributed by atoms with van der Waals surface area (Å²) in [4.78, 5) is 38.2. The minimum Gasteiger partial charge on any atom is -0.487 e. The molecule has 7 aromatic rings. The number of anilines is 1. The van der Waals surface area contributed by atoms with E-state index in [-0.39, 0.29) is 25.0 Å². The number of nitrogens with zero attached hydrogens (tertiary/aromatic N) is 5. The molecular formula is C40H31Cl2N7O3. The van der Waals surface area contributed by atoms with Gasteiger partial charge in [0.25, 0.3) is 5.91 Å². The molecule has 7 rings (SSSR count). The van der Waals surface area contributed by atoms with Crippen LogP contribution in [0.25, 0.3) is 28.4 Å². The van der Waals surface area contributed by atoms with E-state index >= 15 is 0 Å². The molecule has 0 bridgehead atoms. The van der Waals surface area contributed by atoms with Crippen LogP contribution in [0.15, 0.2) is 128 Å². The van der Waals surface area contributed by atoms with E-state index in [4.69, 9.17) is 32.9 Å². The number of benzene rings is 3. The molecule has 0 saturated carbocycles. The Morgan fingerprint density at radius 2 is 1.71 bits per heavy atom. The third kappa shape index (κ3) is 7.58. The molecule has 0 unspecified atom stereocenters. The molecule has 0 aliphatic heterocycles. The minimum absolute atomic E-state index is 0.106. The molecule has 2 amide bonds. The third-order valence-corrected chi connectivity index (χ3v) is 9.08. The standard InChI is InChI=1S/C40H31Cl2N7O3/c1-26-22-35(48-21-19-44-25-48)31-5-2-6-36(39(31)46-26)52-24-32-33(41)12-13-34(38(32)42)49-20-3-4-30(49)23-45-37(50)14-9-27-7-10-28(11-8-27)40(51)47-29-15-17-43-18-16-29/h2-22,25H,23-24H2,1H3,(H,45,50)(H,43,47,51). The Hall–Kier alpha value is -6.23. The predicted molar refractivity (Wildman–Crippen MR) is 203 cm³/mol. The van der Waals surface area contributed by atoms with Gasteiger partial charge in [0.2, 0.25) is 5.91 Å². The van der Waals surface area contributed by atoms with Crippen molar-refractivity contribution in [1.82, 2.24) is 29.4 Å². The van der Waals surface area contributed by atoms with Crippen molar-refractivity contribution in [1.29, 1.82) is 0 Å². The Kier molecular flexibility index (Phi) is 10.1. The summed E-state index contributed by atoms with van der Waals surface area (Å²) in [6.45, 7) is 2.29. The zero-order valence-electron chi connectivity index (χ0n) is 27.8. The number of hydrogen-bond donors (Lipinski definition) is 2. The van der Waals surface area contributed by atoms with Gasteiger partial charge < -0.3 is 24.5 Å². The maximum absolute atomic E-state index is 12.8. The number of nitrogens with one attached hydrogen (secondary N) is 2. The van der Waals surface area contributed by atoms with Crippen LogP contribution in [-0.4, -0.2) is 35.9 Å². The molecule has 0 radical (unpaired) electrons. The highest BCUT2D eigenvalue weighted by atomic mass is 35.5. The van der Waals surface area contributed by atoms with E-state index in [1.807, 2.05) is 70.9 Å². The average molecular weight is 729 g/mol. The molecule has 10 nitrogen and oxygen atoms in total. The van der Waals surface area contributed by atoms with Crippen molar-refractivity contribution in [3.63, 3.8) is 0 Å². The summed E-state index contributed by atoms with van der Waals surface area (Å²) in [5.74, 6) is 0.0827. The zero-order chi connectivity index (χ0) is 36.0. The lowest BCUT2D eigenvalue weighted by atomic mass is 10.1. The number of imidazole rings is 1. The number of pyridine rings is 2. The second-order valence-electron chi connectivity index (χ2n) is 11.8. The zero-order valence-corrected chi connectivity index (χ0v) is 29.3. The van der Waals surface area contributed by atoms with Crippen LogP contribution in [0.2, 0.25) is 10.0 Å². The van der Waals surface area contributed by atoms with E-state index in [1.165, 1.54) is 6.08 Å². The van der Waals surface area contributed by atoms with E-state index in [0.717, 1.165) is 28.0 Å². The van der Waals surface area contributed by atoms with Gasteiger partial charge in [0.15, 0.2) is 0 Å². The smallest absolute Gasteiger partial charge is 0.255 e. The molecule has 3 aromatic carbocycles. The SMILES string of the molecule is Cc1cc(-n2ccnc2)c2cccc(OCc3c(Cl)ccc(-n4cccc4CNC(=O)C=Cc4ccc(C(=O)Nc5ccncc5)cc4)c3Cl)c2n1. The van der Waals surface area contributed by atoms with Crippen LogP contribution in [0.5, 0.6) is 5.75 Å². The van der Waals surface area contributed by atoms with Crippen molar-refractivity contribution in [2.24, 2.45) is 0 Å². The second kappa shape index (κ2) is 15.3. The van der Waals surface area contributed by atoms with Gasteiger partial charge in [-0.1, -0.05) is 47.5 Å². The van der Waals surface area contributed by atoms with E-state index < -0.39 is 0 Å². The number of para-hydroxylation sites is 1. The monoisotopic (exact) mass is 727 g/mol. The predicted octanol–water partition coefficient (Wildman–Crippen LogP) is 8.38. The van der Waals surface area contributed by atoms with E-state index in [1.54, 1.807) is 73.5 Å². The molecule has 2 N–H and O–H groups in total. The number of aryl methyl sites for hydroxylation is 1. The van der Waals surface area contributed by atoms with E-state index in [0.29, 0.717) is 43.8 Å². The summed E-state index contributed by atoms with van der Waals surface area (Å²) in [6.07, 6.45) is 13.6. The first-order valence-corrected chi connectivity index (χ1v) is 17.0. The van der Waals surface area contributed by atoms with Crippen LogP contribution in [0.4, 0.5) is 5.69 Å². The largest absolute Gasteiger partial charge is 0.487 e. The van der Waals surface area contributed by atoms with Crippen LogP contribution in [0, 0.1) is 6.92 Å². The number of aromatic nitrogens is 5. The number of carbonyl (C=O) groups excluding carboxylic acids is 2. The fourth-order valence-corrected chi connectivity index (χ4v) is 6.27. The van der Waals surface area contributed by atoms with Crippen LogP contribution in [-0.2, 0) is 17.9 Å². The molecule has 52 heavy (non-hydrogen) atoms. The fraction of sp³-hybridized carbons (Fsp3) is 0.0750. The van der Waals surface area contributed by atoms with Gasteiger partial charge in [-0.25, -0.2) is 9.97 Å². The molecule has 0 aliphatic rings. The lowest BCUT2D eigenvalue weighted by Gasteiger charge is -2.17. The summed E-state index contributed by atoms with van der Waals surface area (Å²) in [5, 5.41) is 7.56. The van der Waals surface area contributed by atoms with Gasteiger partial charge >= 0.3 is 0 Å². The van der Waals surface area contributed by atoms with Gasteiger partial charge in [-0.2, -0.15) is 0 Å². The third-order valence-electron chi connectivity index (χ3n) is 8.30. The quantitative estimate of drug-likeness (QED) is 0.129. The molecule has 4 heterocycles. The molecular weight excluding hydrogens is 697 g/mol. The number of carbonyl (C=O) groups is 2. The Bertz CT molecular complexity index is 2410. The number of amides is 2. The molecule has 0 atom stereocenters. The number of fused-ring (bicyclic) bond motifs is 1. The topological polar surface area (TPSA) is 116 Å². The number of rotatable bonds is 11. The first-order chi connectivity index (χ1) is 25.3. The first-order valence-electron chi connectivity index (χ1n) is 16.3.